The Kier molecular flexibility index (Phi) is 4.20. The van der Waals surface area contributed by atoms with E-state index in [2.05, 4.69) is 0 Å². The van der Waals surface area contributed by atoms with Gasteiger partial charge in [-0.25, -0.2) is 0 Å². The van der Waals surface area contributed by atoms with Crippen molar-refractivity contribution in [2.75, 3.05) is 13.2 Å². The van der Waals surface area contributed by atoms with Gasteiger partial charge in [0.15, 0.2) is 0 Å². The maximum atomic E-state index is 5.26. The van der Waals surface area contributed by atoms with Crippen LogP contribution in [0.2, 0.25) is 8.94 Å². The summed E-state index contributed by atoms with van der Waals surface area (Å²) < 4.78 is 8.19. The van der Waals surface area contributed by atoms with Gasteiger partial charge in [0.1, 0.15) is 0 Å². The van der Waals surface area contributed by atoms with E-state index >= 15 is 0 Å². The summed E-state index contributed by atoms with van der Waals surface area (Å²) in [7, 11) is 0. The van der Waals surface area contributed by atoms with Crippen LogP contribution in [0.15, 0.2) is 0 Å². The summed E-state index contributed by atoms with van der Waals surface area (Å²) in [6.07, 6.45) is 0. The van der Waals surface area contributed by atoms with Crippen LogP contribution >= 0.6 is 0 Å². The molecule has 0 bridgehead atoms. The minimum atomic E-state index is 0.544. The first-order chi connectivity index (χ1) is 3.50. The molecule has 1 fully saturated rings. The topological polar surface area (TPSA) is 9.23 Å². The Morgan fingerprint density at radius 2 is 1.57 bits per heavy atom. The van der Waals surface area contributed by atoms with Crippen LogP contribution < -0.4 is 0 Å². The van der Waals surface area contributed by atoms with E-state index in [4.69, 9.17) is 4.74 Å². The fourth-order valence-corrected chi connectivity index (χ4v) is 9.26. The third kappa shape index (κ3) is 3.17. The Balaban J connectivity index is 2.04. The van der Waals surface area contributed by atoms with E-state index in [1.165, 1.54) is 8.94 Å². The molecule has 0 N–H and O–H groups in total. The number of hydrogen-bond acceptors (Lipinski definition) is 1. The molecule has 0 aromatic rings. The Labute approximate surface area is 60.5 Å². The van der Waals surface area contributed by atoms with Crippen molar-refractivity contribution in [3.05, 3.63) is 0 Å². The molecular weight excluding hydrogens is 319 g/mol. The van der Waals surface area contributed by atoms with Gasteiger partial charge >= 0.3 is 61.0 Å². The molecule has 1 aliphatic heterocycles. The van der Waals surface area contributed by atoms with E-state index in [-0.39, 0.29) is 0 Å². The van der Waals surface area contributed by atoms with Crippen molar-refractivity contribution in [3.8, 4) is 0 Å². The number of rotatable bonds is 0. The fourth-order valence-electron chi connectivity index (χ4n) is 0.406. The Morgan fingerprint density at radius 1 is 1.00 bits per heavy atom. The van der Waals surface area contributed by atoms with Crippen LogP contribution in [0, 0.1) is 0 Å². The van der Waals surface area contributed by atoms with E-state index in [9.17, 15) is 0 Å². The van der Waals surface area contributed by atoms with Crippen molar-refractivity contribution in [1.29, 1.82) is 0 Å². The summed E-state index contributed by atoms with van der Waals surface area (Å²) in [6.45, 7) is 2.18. The molecule has 0 atom stereocenters. The zero-order chi connectivity index (χ0) is 4.95. The first-order valence-electron chi connectivity index (χ1n) is 2.32. The molecule has 0 aromatic carbocycles. The quantitative estimate of drug-likeness (QED) is 0.577. The molecule has 0 aliphatic carbocycles. The van der Waals surface area contributed by atoms with Crippen molar-refractivity contribution in [1.82, 2.24) is 0 Å². The molecule has 7 heavy (non-hydrogen) atoms. The molecule has 1 nitrogen and oxygen atoms in total. The van der Waals surface area contributed by atoms with Crippen LogP contribution in [-0.2, 0) is 4.74 Å². The predicted molar refractivity (Wildman–Crippen MR) is 31.9 cm³/mol. The molecule has 0 unspecified atom stereocenters. The third-order valence-corrected chi connectivity index (χ3v) is 12.7. The monoisotopic (exact) mass is 332 g/mol. The molecule has 1 saturated heterocycles. The minimum absolute atomic E-state index is 0.544. The van der Waals surface area contributed by atoms with Crippen molar-refractivity contribution < 1.29 is 4.74 Å². The van der Waals surface area contributed by atoms with Gasteiger partial charge in [-0.05, 0) is 0 Å². The van der Waals surface area contributed by atoms with Gasteiger partial charge in [-0.1, -0.05) is 0 Å². The van der Waals surface area contributed by atoms with Gasteiger partial charge in [0, 0.05) is 0 Å². The van der Waals surface area contributed by atoms with Crippen LogP contribution in [0.1, 0.15) is 0 Å². The van der Waals surface area contributed by atoms with E-state index in [0.717, 1.165) is 13.2 Å². The van der Waals surface area contributed by atoms with Gasteiger partial charge in [0.2, 0.25) is 0 Å². The van der Waals surface area contributed by atoms with Gasteiger partial charge in [-0.3, -0.25) is 0 Å². The van der Waals surface area contributed by atoms with Gasteiger partial charge in [-0.15, -0.1) is 0 Å². The SMILES string of the molecule is C1C[Te][Te]CCO1. The maximum absolute atomic E-state index is 5.26. The number of hydrogen-bond donors (Lipinski definition) is 0. The molecule has 1 rings (SSSR count). The molecule has 0 saturated carbocycles. The Bertz CT molecular complexity index is 29.3. The van der Waals surface area contributed by atoms with Crippen molar-refractivity contribution >= 4 is 34.1 Å². The molecule has 0 amide bonds. The molecule has 0 spiro atoms. The average Bonchev–Trinajstić information content (AvgIpc) is 1.90. The molecular formula is C4H8OTe2. The fraction of sp³-hybridized carbons (Fsp3) is 1.00. The zero-order valence-corrected chi connectivity index (χ0v) is 8.71. The normalized spacial score (nSPS) is 24.0. The summed E-state index contributed by atoms with van der Waals surface area (Å²) in [5.41, 5.74) is 0. The van der Waals surface area contributed by atoms with E-state index in [1.807, 2.05) is 0 Å². The second kappa shape index (κ2) is 4.42. The average molecular weight is 327 g/mol. The van der Waals surface area contributed by atoms with E-state index in [1.54, 1.807) is 0 Å². The van der Waals surface area contributed by atoms with Gasteiger partial charge in [-0.2, -0.15) is 0 Å². The van der Waals surface area contributed by atoms with Crippen LogP contribution in [0.3, 0.4) is 0 Å². The van der Waals surface area contributed by atoms with E-state index < -0.39 is 0 Å². The second-order valence-electron chi connectivity index (χ2n) is 1.26. The summed E-state index contributed by atoms with van der Waals surface area (Å²) >= 11 is 1.09. The molecule has 1 aliphatic rings. The standard InChI is InChI=1S/C4H8OTe2/c1-3-6-7-4-2-5-1/h1-4H2. The second-order valence-corrected chi connectivity index (χ2v) is 14.0. The predicted octanol–water partition coefficient (Wildman–Crippen LogP) is 0.177. The molecule has 0 radical (unpaired) electrons. The van der Waals surface area contributed by atoms with Gasteiger partial charge in [0.25, 0.3) is 0 Å². The summed E-state index contributed by atoms with van der Waals surface area (Å²) in [4.78, 5) is 0. The Morgan fingerprint density at radius 3 is 2.14 bits per heavy atom. The van der Waals surface area contributed by atoms with Crippen LogP contribution in [0.25, 0.3) is 0 Å². The van der Waals surface area contributed by atoms with Crippen LogP contribution in [0.5, 0.6) is 0 Å². The van der Waals surface area contributed by atoms with Crippen LogP contribution in [-0.4, -0.2) is 47.3 Å². The third-order valence-electron chi connectivity index (χ3n) is 0.705. The molecule has 0 aromatic heterocycles. The van der Waals surface area contributed by atoms with Crippen molar-refractivity contribution in [2.24, 2.45) is 0 Å². The molecule has 3 heteroatoms. The molecule has 42 valence electrons. The summed E-state index contributed by atoms with van der Waals surface area (Å²) in [5, 5.41) is 0. The first kappa shape index (κ1) is 6.66. The number of ether oxygens (including phenoxy) is 1. The summed E-state index contributed by atoms with van der Waals surface area (Å²) in [6, 6.07) is 0. The molecule has 1 heterocycles. The zero-order valence-electron chi connectivity index (χ0n) is 4.05. The van der Waals surface area contributed by atoms with E-state index in [0.29, 0.717) is 34.1 Å². The summed E-state index contributed by atoms with van der Waals surface area (Å²) in [5.74, 6) is 0. The first-order valence-corrected chi connectivity index (χ1v) is 13.0. The van der Waals surface area contributed by atoms with Gasteiger partial charge < -0.3 is 0 Å². The van der Waals surface area contributed by atoms with Crippen molar-refractivity contribution in [3.63, 3.8) is 0 Å². The Hall–Kier alpha value is 1.54. The van der Waals surface area contributed by atoms with Crippen molar-refractivity contribution in [2.45, 2.75) is 8.94 Å². The van der Waals surface area contributed by atoms with Crippen LogP contribution in [0.4, 0.5) is 0 Å². The van der Waals surface area contributed by atoms with Gasteiger partial charge in [0.05, 0.1) is 0 Å².